The van der Waals surface area contributed by atoms with E-state index in [1.165, 1.54) is 33.9 Å². The highest BCUT2D eigenvalue weighted by Gasteiger charge is 2.22. The Morgan fingerprint density at radius 3 is 2.76 bits per heavy atom. The Labute approximate surface area is 130 Å². The van der Waals surface area contributed by atoms with Crippen molar-refractivity contribution in [3.8, 4) is 0 Å². The number of ether oxygens (including phenoxy) is 1. The van der Waals surface area contributed by atoms with Crippen molar-refractivity contribution in [2.24, 2.45) is 0 Å². The maximum atomic E-state index is 11.2. The van der Waals surface area contributed by atoms with Gasteiger partial charge in [0.15, 0.2) is 0 Å². The van der Waals surface area contributed by atoms with Gasteiger partial charge in [0.05, 0.1) is 9.67 Å². The molecule has 21 heavy (non-hydrogen) atoms. The van der Waals surface area contributed by atoms with Gasteiger partial charge in [0.25, 0.3) is 5.69 Å². The van der Waals surface area contributed by atoms with Gasteiger partial charge in [-0.05, 0) is 37.6 Å². The number of pyridine rings is 1. The summed E-state index contributed by atoms with van der Waals surface area (Å²) in [5.74, 6) is 0. The summed E-state index contributed by atoms with van der Waals surface area (Å²) in [4.78, 5) is 25.3. The van der Waals surface area contributed by atoms with Gasteiger partial charge in [0, 0.05) is 12.6 Å². The Morgan fingerprint density at radius 1 is 1.52 bits per heavy atom. The van der Waals surface area contributed by atoms with Gasteiger partial charge < -0.3 is 10.1 Å². The molecule has 0 atom stereocenters. The minimum Gasteiger partial charge on any atom is -0.448 e. The van der Waals surface area contributed by atoms with Crippen LogP contribution in [0.3, 0.4) is 0 Å². The van der Waals surface area contributed by atoms with Crippen LogP contribution in [0.15, 0.2) is 23.4 Å². The van der Waals surface area contributed by atoms with E-state index in [0.29, 0.717) is 11.6 Å². The van der Waals surface area contributed by atoms with Crippen molar-refractivity contribution < 1.29 is 14.5 Å². The lowest BCUT2D eigenvalue weighted by Gasteiger charge is -2.22. The monoisotopic (exact) mass is 331 g/mol. The van der Waals surface area contributed by atoms with Gasteiger partial charge in [-0.3, -0.25) is 10.1 Å². The number of nitrogens with zero attached hydrogens (tertiary/aromatic N) is 2. The minimum atomic E-state index is -0.487. The topological polar surface area (TPSA) is 94.4 Å². The number of carbonyl (C=O) groups excluding carboxylic acids is 1. The number of nitro groups is 1. The molecule has 0 aliphatic heterocycles. The molecule has 0 radical (unpaired) electrons. The van der Waals surface area contributed by atoms with E-state index in [9.17, 15) is 14.9 Å². The van der Waals surface area contributed by atoms with Gasteiger partial charge >= 0.3 is 6.09 Å². The first-order valence-electron chi connectivity index (χ1n) is 6.21. The van der Waals surface area contributed by atoms with Crippen LogP contribution in [0, 0.1) is 10.1 Å². The molecule has 1 amide bonds. The molecule has 0 saturated heterocycles. The van der Waals surface area contributed by atoms with Gasteiger partial charge in [-0.2, -0.15) is 0 Å². The Balaban J connectivity index is 2.45. The summed E-state index contributed by atoms with van der Waals surface area (Å²) in [5.41, 5.74) is -0.0387. The number of aromatic nitrogens is 1. The lowest BCUT2D eigenvalue weighted by Crippen LogP contribution is -2.30. The summed E-state index contributed by atoms with van der Waals surface area (Å²) in [6.07, 6.45) is 0.783. The number of rotatable bonds is 7. The Kier molecular flexibility index (Phi) is 6.76. The second-order valence-corrected chi connectivity index (χ2v) is 7.50. The zero-order valence-corrected chi connectivity index (χ0v) is 13.6. The van der Waals surface area contributed by atoms with Crippen LogP contribution < -0.4 is 5.32 Å². The predicted octanol–water partition coefficient (Wildman–Crippen LogP) is 3.25. The molecule has 0 bridgehead atoms. The first kappa shape index (κ1) is 17.6. The van der Waals surface area contributed by atoms with Crippen LogP contribution in [0.25, 0.3) is 0 Å². The molecule has 9 heteroatoms. The highest BCUT2D eigenvalue weighted by molar-refractivity contribution is 8.77. The van der Waals surface area contributed by atoms with Crippen LogP contribution >= 0.6 is 21.6 Å². The molecule has 1 aromatic rings. The molecule has 1 N–H and O–H groups in total. The van der Waals surface area contributed by atoms with Gasteiger partial charge in [-0.1, -0.05) is 10.8 Å². The third-order valence-electron chi connectivity index (χ3n) is 2.16. The molecule has 7 nitrogen and oxygen atoms in total. The van der Waals surface area contributed by atoms with Crippen LogP contribution in [-0.2, 0) is 4.74 Å². The predicted molar refractivity (Wildman–Crippen MR) is 83.4 cm³/mol. The van der Waals surface area contributed by atoms with E-state index in [2.05, 4.69) is 10.3 Å². The lowest BCUT2D eigenvalue weighted by molar-refractivity contribution is -0.385. The third kappa shape index (κ3) is 6.67. The molecule has 0 saturated carbocycles. The average Bonchev–Trinajstić information content (AvgIpc) is 2.44. The first-order valence-corrected chi connectivity index (χ1v) is 8.36. The maximum absolute atomic E-state index is 11.2. The van der Waals surface area contributed by atoms with Crippen molar-refractivity contribution >= 4 is 33.4 Å². The van der Waals surface area contributed by atoms with E-state index in [0.717, 1.165) is 0 Å². The first-order chi connectivity index (χ1) is 9.84. The van der Waals surface area contributed by atoms with E-state index in [1.807, 2.05) is 20.8 Å². The fraction of sp³-hybridized carbons (Fsp3) is 0.500. The Morgan fingerprint density at radius 2 is 2.24 bits per heavy atom. The fourth-order valence-corrected chi connectivity index (χ4v) is 3.15. The highest BCUT2D eigenvalue weighted by atomic mass is 33.1. The number of alkyl carbamates (subject to hydrolysis) is 1. The van der Waals surface area contributed by atoms with Gasteiger partial charge in [-0.25, -0.2) is 9.78 Å². The summed E-state index contributed by atoms with van der Waals surface area (Å²) in [7, 11) is 2.87. The van der Waals surface area contributed by atoms with Crippen LogP contribution in [0.1, 0.15) is 20.8 Å². The van der Waals surface area contributed by atoms with Crippen LogP contribution in [0.2, 0.25) is 0 Å². The fourth-order valence-electron chi connectivity index (χ4n) is 1.14. The van der Waals surface area contributed by atoms with E-state index in [4.69, 9.17) is 4.74 Å². The molecule has 0 fully saturated rings. The van der Waals surface area contributed by atoms with Crippen molar-refractivity contribution in [2.45, 2.75) is 30.5 Å². The number of amides is 1. The van der Waals surface area contributed by atoms with Crippen LogP contribution in [-0.4, -0.2) is 33.9 Å². The second kappa shape index (κ2) is 8.08. The van der Waals surface area contributed by atoms with E-state index in [1.54, 1.807) is 6.07 Å². The molecule has 1 heterocycles. The second-order valence-electron chi connectivity index (χ2n) is 4.64. The molecule has 1 aromatic heterocycles. The summed E-state index contributed by atoms with van der Waals surface area (Å²) < 4.78 is 4.79. The van der Waals surface area contributed by atoms with E-state index < -0.39 is 11.0 Å². The van der Waals surface area contributed by atoms with Crippen molar-refractivity contribution in [1.82, 2.24) is 10.3 Å². The summed E-state index contributed by atoms with van der Waals surface area (Å²) in [6.45, 7) is 6.47. The highest BCUT2D eigenvalue weighted by Crippen LogP contribution is 2.40. The molecule has 0 unspecified atom stereocenters. The summed E-state index contributed by atoms with van der Waals surface area (Å²) >= 11 is 0. The van der Waals surface area contributed by atoms with Crippen molar-refractivity contribution in [3.63, 3.8) is 0 Å². The average molecular weight is 331 g/mol. The molecule has 116 valence electrons. The Hall–Kier alpha value is -1.48. The molecule has 1 rings (SSSR count). The Bertz CT molecular complexity index is 494. The largest absolute Gasteiger partial charge is 0.448 e. The molecule has 0 aromatic carbocycles. The van der Waals surface area contributed by atoms with Crippen LogP contribution in [0.4, 0.5) is 10.5 Å². The smallest absolute Gasteiger partial charge is 0.407 e. The van der Waals surface area contributed by atoms with Crippen LogP contribution in [0.5, 0.6) is 0 Å². The van der Waals surface area contributed by atoms with Gasteiger partial charge in [0.1, 0.15) is 17.8 Å². The summed E-state index contributed by atoms with van der Waals surface area (Å²) in [6, 6.07) is 3.00. The van der Waals surface area contributed by atoms with Gasteiger partial charge in [-0.15, -0.1) is 0 Å². The molecular weight excluding hydrogens is 314 g/mol. The number of nitrogens with one attached hydrogen (secondary N) is 1. The molecule has 0 aliphatic carbocycles. The normalized spacial score (nSPS) is 11.0. The number of hydrogen-bond acceptors (Lipinski definition) is 7. The SMILES string of the molecule is CCNC(=O)OCC(C)(C)SSc1ccc([N+](=O)[O-])cn1. The van der Waals surface area contributed by atoms with Crippen molar-refractivity contribution in [3.05, 3.63) is 28.4 Å². The van der Waals surface area contributed by atoms with E-state index in [-0.39, 0.29) is 17.0 Å². The molecule has 0 aliphatic rings. The minimum absolute atomic E-state index is 0.0387. The van der Waals surface area contributed by atoms with Crippen molar-refractivity contribution in [2.75, 3.05) is 13.2 Å². The molecular formula is C12H17N3O4S2. The third-order valence-corrected chi connectivity index (χ3v) is 5.34. The van der Waals surface area contributed by atoms with E-state index >= 15 is 0 Å². The molecule has 0 spiro atoms. The zero-order chi connectivity index (χ0) is 15.9. The standard InChI is InChI=1S/C12H17N3O4S2/c1-4-13-11(16)19-8-12(2,3)21-20-10-6-5-9(7-14-10)15(17)18/h5-7H,4,8H2,1-3H3,(H,13,16). The maximum Gasteiger partial charge on any atom is 0.407 e. The number of hydrogen-bond donors (Lipinski definition) is 1. The van der Waals surface area contributed by atoms with Gasteiger partial charge in [0.2, 0.25) is 0 Å². The lowest BCUT2D eigenvalue weighted by atomic mass is 10.2. The number of carbonyl (C=O) groups is 1. The quantitative estimate of drug-likeness (QED) is 0.465. The zero-order valence-electron chi connectivity index (χ0n) is 12.0. The van der Waals surface area contributed by atoms with Crippen molar-refractivity contribution in [1.29, 1.82) is 0 Å². The summed E-state index contributed by atoms with van der Waals surface area (Å²) in [5, 5.41) is 13.7.